The molecule has 2 rings (SSSR count). The molecule has 1 N–H and O–H groups in total. The van der Waals surface area contributed by atoms with Crippen LogP contribution in [0.1, 0.15) is 26.2 Å². The third-order valence-electron chi connectivity index (χ3n) is 2.63. The molecule has 0 fully saturated rings. The maximum atomic E-state index is 10.9. The van der Waals surface area contributed by atoms with Crippen LogP contribution in [0.4, 0.5) is 0 Å². The number of fused-ring (bicyclic) bond motifs is 1. The van der Waals surface area contributed by atoms with E-state index in [1.807, 2.05) is 6.92 Å². The van der Waals surface area contributed by atoms with Gasteiger partial charge in [-0.3, -0.25) is 0 Å². The molecule has 1 aromatic heterocycles. The van der Waals surface area contributed by atoms with Crippen LogP contribution in [0.15, 0.2) is 22.6 Å². The van der Waals surface area contributed by atoms with Crippen LogP contribution in [0.2, 0.25) is 0 Å². The summed E-state index contributed by atoms with van der Waals surface area (Å²) in [6, 6.07) is 5.13. The fourth-order valence-corrected chi connectivity index (χ4v) is 1.65. The number of carbonyl (C=O) groups is 1. The smallest absolute Gasteiger partial charge is 0.344 e. The predicted octanol–water partition coefficient (Wildman–Crippen LogP) is 2.63. The van der Waals surface area contributed by atoms with Gasteiger partial charge in [-0.1, -0.05) is 13.8 Å². The Morgan fingerprint density at radius 1 is 1.50 bits per heavy atom. The molecule has 0 saturated heterocycles. The Morgan fingerprint density at radius 2 is 2.28 bits per heavy atom. The lowest BCUT2D eigenvalue weighted by molar-refractivity contribution is -0.145. The average molecular weight is 249 g/mol. The number of oxazole rings is 1. The molecule has 0 aliphatic heterocycles. The summed E-state index contributed by atoms with van der Waals surface area (Å²) in [5.41, 5.74) is 1.37. The molecule has 0 amide bonds. The van der Waals surface area contributed by atoms with Crippen molar-refractivity contribution in [3.8, 4) is 5.75 Å². The first kappa shape index (κ1) is 12.4. The summed E-state index contributed by atoms with van der Waals surface area (Å²) in [7, 11) is 0. The lowest BCUT2D eigenvalue weighted by atomic mass is 10.2. The number of hydrogen-bond donors (Lipinski definition) is 1. The van der Waals surface area contributed by atoms with Gasteiger partial charge in [0.15, 0.2) is 17.6 Å². The summed E-state index contributed by atoms with van der Waals surface area (Å²) in [4.78, 5) is 15.2. The van der Waals surface area contributed by atoms with Crippen LogP contribution in [0.3, 0.4) is 0 Å². The van der Waals surface area contributed by atoms with E-state index < -0.39 is 12.1 Å². The second-order valence-corrected chi connectivity index (χ2v) is 3.94. The van der Waals surface area contributed by atoms with Gasteiger partial charge in [-0.15, -0.1) is 0 Å². The number of aryl methyl sites for hydroxylation is 1. The number of benzene rings is 1. The van der Waals surface area contributed by atoms with Crippen molar-refractivity contribution in [2.24, 2.45) is 0 Å². The zero-order valence-electron chi connectivity index (χ0n) is 10.3. The van der Waals surface area contributed by atoms with Gasteiger partial charge < -0.3 is 14.3 Å². The number of rotatable bonds is 5. The molecule has 0 bridgehead atoms. The standard InChI is InChI=1S/C13H15NO4/c1-3-10(13(15)16)17-8-5-6-11-9(7-8)14-12(4-2)18-11/h5-7,10H,3-4H2,1-2H3,(H,15,16). The van der Waals surface area contributed by atoms with Crippen molar-refractivity contribution in [2.45, 2.75) is 32.8 Å². The Bertz CT molecular complexity index is 561. The zero-order chi connectivity index (χ0) is 13.1. The van der Waals surface area contributed by atoms with E-state index in [-0.39, 0.29) is 0 Å². The van der Waals surface area contributed by atoms with Gasteiger partial charge in [-0.2, -0.15) is 0 Å². The molecule has 0 spiro atoms. The van der Waals surface area contributed by atoms with E-state index in [1.165, 1.54) is 0 Å². The minimum atomic E-state index is -0.966. The molecule has 1 aromatic carbocycles. The topological polar surface area (TPSA) is 72.6 Å². The number of nitrogens with zero attached hydrogens (tertiary/aromatic N) is 1. The SMILES string of the molecule is CCc1nc2cc(OC(CC)C(=O)O)ccc2o1. The first-order valence-corrected chi connectivity index (χ1v) is 5.93. The van der Waals surface area contributed by atoms with Crippen LogP contribution < -0.4 is 4.74 Å². The van der Waals surface area contributed by atoms with Gasteiger partial charge in [0.25, 0.3) is 0 Å². The van der Waals surface area contributed by atoms with E-state index in [9.17, 15) is 4.79 Å². The summed E-state index contributed by atoms with van der Waals surface area (Å²) < 4.78 is 10.9. The van der Waals surface area contributed by atoms with Gasteiger partial charge in [-0.25, -0.2) is 9.78 Å². The van der Waals surface area contributed by atoms with Crippen LogP contribution in [-0.4, -0.2) is 22.2 Å². The van der Waals surface area contributed by atoms with Crippen LogP contribution in [0, 0.1) is 0 Å². The summed E-state index contributed by atoms with van der Waals surface area (Å²) in [5.74, 6) is 0.187. The molecule has 0 saturated carbocycles. The number of carboxylic acids is 1. The average Bonchev–Trinajstić information content (AvgIpc) is 2.77. The fraction of sp³-hybridized carbons (Fsp3) is 0.385. The predicted molar refractivity (Wildman–Crippen MR) is 65.7 cm³/mol. The van der Waals surface area contributed by atoms with E-state index in [0.717, 1.165) is 6.42 Å². The van der Waals surface area contributed by atoms with E-state index in [2.05, 4.69) is 4.98 Å². The number of aromatic nitrogens is 1. The Morgan fingerprint density at radius 3 is 2.89 bits per heavy atom. The largest absolute Gasteiger partial charge is 0.479 e. The molecule has 1 unspecified atom stereocenters. The van der Waals surface area contributed by atoms with Crippen LogP contribution in [0.5, 0.6) is 5.75 Å². The second-order valence-electron chi connectivity index (χ2n) is 3.94. The Kier molecular flexibility index (Phi) is 3.50. The third-order valence-corrected chi connectivity index (χ3v) is 2.63. The van der Waals surface area contributed by atoms with Crippen molar-refractivity contribution >= 4 is 17.1 Å². The highest BCUT2D eigenvalue weighted by molar-refractivity contribution is 5.75. The molecule has 5 nitrogen and oxygen atoms in total. The lowest BCUT2D eigenvalue weighted by Crippen LogP contribution is -2.25. The number of ether oxygens (including phenoxy) is 1. The van der Waals surface area contributed by atoms with Crippen LogP contribution in [-0.2, 0) is 11.2 Å². The molecule has 96 valence electrons. The summed E-state index contributed by atoms with van der Waals surface area (Å²) in [6.45, 7) is 3.72. The minimum Gasteiger partial charge on any atom is -0.479 e. The molecule has 1 heterocycles. The van der Waals surface area contributed by atoms with Gasteiger partial charge in [-0.05, 0) is 18.6 Å². The highest BCUT2D eigenvalue weighted by Crippen LogP contribution is 2.23. The van der Waals surface area contributed by atoms with Crippen molar-refractivity contribution in [3.63, 3.8) is 0 Å². The zero-order valence-corrected chi connectivity index (χ0v) is 10.3. The summed E-state index contributed by atoms with van der Waals surface area (Å²) in [5, 5.41) is 8.93. The van der Waals surface area contributed by atoms with E-state index in [0.29, 0.717) is 29.2 Å². The molecular weight excluding hydrogens is 234 g/mol. The van der Waals surface area contributed by atoms with Crippen LogP contribution in [0.25, 0.3) is 11.1 Å². The highest BCUT2D eigenvalue weighted by atomic mass is 16.5. The minimum absolute atomic E-state index is 0.409. The Balaban J connectivity index is 2.26. The van der Waals surface area contributed by atoms with E-state index >= 15 is 0 Å². The maximum Gasteiger partial charge on any atom is 0.344 e. The Labute approximate surface area is 104 Å². The lowest BCUT2D eigenvalue weighted by Gasteiger charge is -2.12. The quantitative estimate of drug-likeness (QED) is 0.881. The van der Waals surface area contributed by atoms with E-state index in [1.54, 1.807) is 25.1 Å². The van der Waals surface area contributed by atoms with Crippen LogP contribution >= 0.6 is 0 Å². The second kappa shape index (κ2) is 5.08. The summed E-state index contributed by atoms with van der Waals surface area (Å²) >= 11 is 0. The third kappa shape index (κ3) is 2.45. The normalized spacial score (nSPS) is 12.6. The van der Waals surface area contributed by atoms with Gasteiger partial charge in [0.05, 0.1) is 0 Å². The molecule has 0 aliphatic rings. The number of aliphatic carboxylic acids is 1. The van der Waals surface area contributed by atoms with Crippen molar-refractivity contribution in [2.75, 3.05) is 0 Å². The molecular formula is C13H15NO4. The van der Waals surface area contributed by atoms with Crippen molar-refractivity contribution in [1.82, 2.24) is 4.98 Å². The molecule has 1 atom stereocenters. The fourth-order valence-electron chi connectivity index (χ4n) is 1.65. The number of hydrogen-bond acceptors (Lipinski definition) is 4. The van der Waals surface area contributed by atoms with E-state index in [4.69, 9.17) is 14.3 Å². The maximum absolute atomic E-state index is 10.9. The molecule has 18 heavy (non-hydrogen) atoms. The van der Waals surface area contributed by atoms with Gasteiger partial charge in [0.2, 0.25) is 0 Å². The van der Waals surface area contributed by atoms with Gasteiger partial charge >= 0.3 is 5.97 Å². The van der Waals surface area contributed by atoms with Crippen molar-refractivity contribution in [3.05, 3.63) is 24.1 Å². The first-order chi connectivity index (χ1) is 8.63. The monoisotopic (exact) mass is 249 g/mol. The molecule has 0 aliphatic carbocycles. The van der Waals surface area contributed by atoms with Crippen molar-refractivity contribution < 1.29 is 19.1 Å². The highest BCUT2D eigenvalue weighted by Gasteiger charge is 2.17. The molecule has 5 heteroatoms. The molecule has 2 aromatic rings. The summed E-state index contributed by atoms with van der Waals surface area (Å²) in [6.07, 6.45) is 0.296. The Hall–Kier alpha value is -2.04. The van der Waals surface area contributed by atoms with Gasteiger partial charge in [0.1, 0.15) is 11.3 Å². The number of carboxylic acid groups (broad SMARTS) is 1. The van der Waals surface area contributed by atoms with Crippen molar-refractivity contribution in [1.29, 1.82) is 0 Å². The van der Waals surface area contributed by atoms with Gasteiger partial charge in [0, 0.05) is 12.5 Å². The molecule has 0 radical (unpaired) electrons. The first-order valence-electron chi connectivity index (χ1n) is 5.93.